The van der Waals surface area contributed by atoms with E-state index in [4.69, 9.17) is 5.11 Å². The van der Waals surface area contributed by atoms with Crippen LogP contribution < -0.4 is 0 Å². The average molecular weight is 270 g/mol. The monoisotopic (exact) mass is 270 g/mol. The first-order valence-corrected chi connectivity index (χ1v) is 5.30. The Morgan fingerprint density at radius 3 is 1.94 bits per heavy atom. The summed E-state index contributed by atoms with van der Waals surface area (Å²) in [6.45, 7) is 2.69. The van der Waals surface area contributed by atoms with Crippen LogP contribution in [-0.2, 0) is 4.79 Å². The van der Waals surface area contributed by atoms with Gasteiger partial charge in [-0.3, -0.25) is 0 Å². The number of carbonyl (C=O) groups excluding carboxylic acids is 1. The minimum atomic E-state index is -4.52. The number of carboxylic acids is 1. The molecule has 8 heteroatoms. The van der Waals surface area contributed by atoms with Gasteiger partial charge in [-0.15, -0.1) is 0 Å². The number of alkyl halides is 3. The maximum atomic E-state index is 12.3. The van der Waals surface area contributed by atoms with Gasteiger partial charge in [-0.2, -0.15) is 13.2 Å². The molecule has 0 aromatic rings. The van der Waals surface area contributed by atoms with Gasteiger partial charge in [0.1, 0.15) is 12.6 Å². The zero-order valence-corrected chi connectivity index (χ0v) is 10.7. The van der Waals surface area contributed by atoms with Gasteiger partial charge in [0.15, 0.2) is 0 Å². The Morgan fingerprint density at radius 1 is 1.22 bits per heavy atom. The largest absolute Gasteiger partial charge is 0.480 e. The van der Waals surface area contributed by atoms with Crippen LogP contribution in [0.5, 0.6) is 0 Å². The van der Waals surface area contributed by atoms with E-state index >= 15 is 0 Å². The first-order valence-electron chi connectivity index (χ1n) is 5.30. The molecule has 2 amide bonds. The molecule has 106 valence electrons. The Hall–Kier alpha value is -1.47. The summed E-state index contributed by atoms with van der Waals surface area (Å²) < 4.78 is 37.0. The zero-order valence-electron chi connectivity index (χ0n) is 10.7. The van der Waals surface area contributed by atoms with Crippen LogP contribution in [0.15, 0.2) is 0 Å². The van der Waals surface area contributed by atoms with Crippen LogP contribution in [0.2, 0.25) is 0 Å². The molecule has 0 bridgehead atoms. The van der Waals surface area contributed by atoms with Crippen molar-refractivity contribution in [1.82, 2.24) is 9.80 Å². The SMILES string of the molecule is CC(C(=O)O)N(C)C(=O)N(CC(F)(F)F)C(C)C. The molecule has 0 aliphatic heterocycles. The van der Waals surface area contributed by atoms with E-state index in [1.54, 1.807) is 0 Å². The highest BCUT2D eigenvalue weighted by Crippen LogP contribution is 2.19. The van der Waals surface area contributed by atoms with E-state index in [9.17, 15) is 22.8 Å². The quantitative estimate of drug-likeness (QED) is 0.847. The molecule has 0 saturated carbocycles. The van der Waals surface area contributed by atoms with Gasteiger partial charge in [0.25, 0.3) is 0 Å². The highest BCUT2D eigenvalue weighted by molar-refractivity contribution is 5.82. The Kier molecular flexibility index (Phi) is 5.44. The van der Waals surface area contributed by atoms with Crippen LogP contribution in [0.3, 0.4) is 0 Å². The van der Waals surface area contributed by atoms with Crippen LogP contribution in [0.1, 0.15) is 20.8 Å². The lowest BCUT2D eigenvalue weighted by Crippen LogP contribution is -2.52. The van der Waals surface area contributed by atoms with Gasteiger partial charge in [-0.1, -0.05) is 0 Å². The summed E-state index contributed by atoms with van der Waals surface area (Å²) >= 11 is 0. The lowest BCUT2D eigenvalue weighted by atomic mass is 10.3. The summed E-state index contributed by atoms with van der Waals surface area (Å²) in [7, 11) is 1.16. The first kappa shape index (κ1) is 16.5. The normalized spacial score (nSPS) is 13.3. The summed E-state index contributed by atoms with van der Waals surface area (Å²) in [5.41, 5.74) is 0. The first-order chi connectivity index (χ1) is 7.97. The molecule has 0 aliphatic carbocycles. The minimum Gasteiger partial charge on any atom is -0.480 e. The zero-order chi connectivity index (χ0) is 14.7. The summed E-state index contributed by atoms with van der Waals surface area (Å²) in [6.07, 6.45) is -4.52. The van der Waals surface area contributed by atoms with Crippen molar-refractivity contribution in [2.24, 2.45) is 0 Å². The van der Waals surface area contributed by atoms with E-state index in [2.05, 4.69) is 0 Å². The smallest absolute Gasteiger partial charge is 0.406 e. The van der Waals surface area contributed by atoms with Gasteiger partial charge in [-0.05, 0) is 20.8 Å². The van der Waals surface area contributed by atoms with Gasteiger partial charge < -0.3 is 14.9 Å². The Morgan fingerprint density at radius 2 is 1.67 bits per heavy atom. The molecule has 0 rings (SSSR count). The van der Waals surface area contributed by atoms with Gasteiger partial charge in [-0.25, -0.2) is 9.59 Å². The van der Waals surface area contributed by atoms with E-state index < -0.39 is 36.8 Å². The minimum absolute atomic E-state index is 0.583. The molecule has 18 heavy (non-hydrogen) atoms. The average Bonchev–Trinajstić information content (AvgIpc) is 2.21. The molecule has 1 unspecified atom stereocenters. The predicted octanol–water partition coefficient (Wildman–Crippen LogP) is 1.78. The van der Waals surface area contributed by atoms with Crippen molar-refractivity contribution in [3.05, 3.63) is 0 Å². The van der Waals surface area contributed by atoms with E-state index in [1.165, 1.54) is 20.8 Å². The van der Waals surface area contributed by atoms with Crippen LogP contribution in [0, 0.1) is 0 Å². The molecule has 0 spiro atoms. The molecule has 0 aromatic heterocycles. The number of nitrogens with zero attached hydrogens (tertiary/aromatic N) is 2. The number of rotatable bonds is 4. The van der Waals surface area contributed by atoms with Crippen molar-refractivity contribution in [3.63, 3.8) is 0 Å². The predicted molar refractivity (Wildman–Crippen MR) is 58.2 cm³/mol. The highest BCUT2D eigenvalue weighted by atomic mass is 19.4. The van der Waals surface area contributed by atoms with E-state index in [0.29, 0.717) is 4.90 Å². The number of hydrogen-bond donors (Lipinski definition) is 1. The number of hydrogen-bond acceptors (Lipinski definition) is 2. The lowest BCUT2D eigenvalue weighted by molar-refractivity contribution is -0.145. The molecular formula is C10H17F3N2O3. The fourth-order valence-electron chi connectivity index (χ4n) is 1.20. The second kappa shape index (κ2) is 5.92. The number of likely N-dealkylation sites (N-methyl/N-ethyl adjacent to an activating group) is 1. The van der Waals surface area contributed by atoms with Crippen LogP contribution in [-0.4, -0.2) is 58.8 Å². The second-order valence-corrected chi connectivity index (χ2v) is 4.24. The molecule has 5 nitrogen and oxygen atoms in total. The van der Waals surface area contributed by atoms with Gasteiger partial charge in [0, 0.05) is 13.1 Å². The van der Waals surface area contributed by atoms with Crippen molar-refractivity contribution in [2.45, 2.75) is 39.0 Å². The lowest BCUT2D eigenvalue weighted by Gasteiger charge is -2.33. The molecule has 0 heterocycles. The molecule has 1 atom stereocenters. The number of halogens is 3. The summed E-state index contributed by atoms with van der Waals surface area (Å²) in [4.78, 5) is 23.8. The molecule has 0 radical (unpaired) electrons. The molecule has 0 fully saturated rings. The highest BCUT2D eigenvalue weighted by Gasteiger charge is 2.36. The number of urea groups is 1. The second-order valence-electron chi connectivity index (χ2n) is 4.24. The van der Waals surface area contributed by atoms with E-state index in [1.807, 2.05) is 0 Å². The van der Waals surface area contributed by atoms with Gasteiger partial charge in [0.05, 0.1) is 0 Å². The molecule has 1 N–H and O–H groups in total. The number of aliphatic carboxylic acids is 1. The number of carboxylic acid groups (broad SMARTS) is 1. The third-order valence-corrected chi connectivity index (χ3v) is 2.46. The van der Waals surface area contributed by atoms with E-state index in [0.717, 1.165) is 11.9 Å². The van der Waals surface area contributed by atoms with Crippen molar-refractivity contribution in [3.8, 4) is 0 Å². The topological polar surface area (TPSA) is 60.9 Å². The number of amides is 2. The fraction of sp³-hybridized carbons (Fsp3) is 0.800. The van der Waals surface area contributed by atoms with Crippen LogP contribution in [0.25, 0.3) is 0 Å². The van der Waals surface area contributed by atoms with Crippen molar-refractivity contribution >= 4 is 12.0 Å². The molecule has 0 saturated heterocycles. The molecule has 0 aliphatic rings. The standard InChI is InChI=1S/C10H17F3N2O3/c1-6(2)15(5-10(11,12)13)9(18)14(4)7(3)8(16)17/h6-7H,5H2,1-4H3,(H,16,17). The van der Waals surface area contributed by atoms with Crippen LogP contribution >= 0.6 is 0 Å². The van der Waals surface area contributed by atoms with Crippen molar-refractivity contribution in [2.75, 3.05) is 13.6 Å². The summed E-state index contributed by atoms with van der Waals surface area (Å²) in [5, 5.41) is 8.72. The van der Waals surface area contributed by atoms with Gasteiger partial charge >= 0.3 is 18.2 Å². The summed E-state index contributed by atoms with van der Waals surface area (Å²) in [6, 6.07) is -2.83. The maximum Gasteiger partial charge on any atom is 0.406 e. The Labute approximate surface area is 103 Å². The van der Waals surface area contributed by atoms with Crippen molar-refractivity contribution < 1.29 is 27.9 Å². The maximum absolute atomic E-state index is 12.3. The number of carbonyl (C=O) groups is 2. The molecule has 0 aromatic carbocycles. The summed E-state index contributed by atoms with van der Waals surface area (Å²) in [5.74, 6) is -1.28. The molecular weight excluding hydrogens is 253 g/mol. The Balaban J connectivity index is 4.93. The van der Waals surface area contributed by atoms with Crippen LogP contribution in [0.4, 0.5) is 18.0 Å². The fourth-order valence-corrected chi connectivity index (χ4v) is 1.20. The van der Waals surface area contributed by atoms with Crippen molar-refractivity contribution in [1.29, 1.82) is 0 Å². The van der Waals surface area contributed by atoms with Gasteiger partial charge in [0.2, 0.25) is 0 Å². The van der Waals surface area contributed by atoms with E-state index in [-0.39, 0.29) is 0 Å². The third kappa shape index (κ3) is 4.80. The Bertz CT molecular complexity index is 318. The third-order valence-electron chi connectivity index (χ3n) is 2.46.